The van der Waals surface area contributed by atoms with E-state index in [4.69, 9.17) is 0 Å². The summed E-state index contributed by atoms with van der Waals surface area (Å²) in [5.74, 6) is 0.376. The second-order valence-corrected chi connectivity index (χ2v) is 10.5. The first-order valence-corrected chi connectivity index (χ1v) is 11.6. The summed E-state index contributed by atoms with van der Waals surface area (Å²) >= 11 is 1.22. The highest BCUT2D eigenvalue weighted by atomic mass is 32.2. The van der Waals surface area contributed by atoms with E-state index in [-0.39, 0.29) is 22.4 Å². The summed E-state index contributed by atoms with van der Waals surface area (Å²) in [4.78, 5) is 23.7. The molecule has 1 aromatic heterocycles. The molecule has 2 aromatic rings. The van der Waals surface area contributed by atoms with Gasteiger partial charge in [-0.25, -0.2) is 0 Å². The van der Waals surface area contributed by atoms with Gasteiger partial charge in [0.05, 0.1) is 21.7 Å². The highest BCUT2D eigenvalue weighted by Crippen LogP contribution is 2.64. The Morgan fingerprint density at radius 3 is 2.82 bits per heavy atom. The van der Waals surface area contributed by atoms with Gasteiger partial charge in [-0.1, -0.05) is 32.9 Å². The number of nitro groups is 1. The van der Waals surface area contributed by atoms with E-state index in [1.165, 1.54) is 30.3 Å². The Balaban J connectivity index is 1.39. The van der Waals surface area contributed by atoms with Crippen LogP contribution < -0.4 is 5.32 Å². The molecule has 1 aromatic carbocycles. The Morgan fingerprint density at radius 2 is 2.12 bits per heavy atom. The molecule has 2 aliphatic carbocycles. The van der Waals surface area contributed by atoms with Gasteiger partial charge < -0.3 is 0 Å². The van der Waals surface area contributed by atoms with E-state index in [1.807, 2.05) is 0 Å². The first-order valence-electron chi connectivity index (χ1n) is 10.8. The van der Waals surface area contributed by atoms with Crippen LogP contribution in [-0.2, 0) is 4.79 Å². The molecule has 3 fully saturated rings. The van der Waals surface area contributed by atoms with Crippen molar-refractivity contribution in [1.82, 2.24) is 15.5 Å². The van der Waals surface area contributed by atoms with Gasteiger partial charge in [0, 0.05) is 34.4 Å². The molecule has 2 bridgehead atoms. The van der Waals surface area contributed by atoms with Crippen LogP contribution in [0.5, 0.6) is 0 Å². The van der Waals surface area contributed by atoms with Crippen LogP contribution in [0.2, 0.25) is 0 Å². The molecule has 2 unspecified atom stereocenters. The number of nitro benzene ring substituents is 1. The maximum atomic E-state index is 12.5. The summed E-state index contributed by atoms with van der Waals surface area (Å²) in [6.45, 7) is 6.91. The number of aromatic amines is 1. The zero-order valence-electron chi connectivity index (χ0n) is 18.6. The van der Waals surface area contributed by atoms with Gasteiger partial charge in [0.25, 0.3) is 11.6 Å². The van der Waals surface area contributed by atoms with Crippen molar-refractivity contribution in [1.29, 1.82) is 0 Å². The van der Waals surface area contributed by atoms with Gasteiger partial charge in [-0.05, 0) is 48.4 Å². The van der Waals surface area contributed by atoms with Crippen molar-refractivity contribution in [3.63, 3.8) is 0 Å². The fraction of sp³-hybridized carbons (Fsp3) is 0.391. The molecular formula is C23H24N6O3S. The monoisotopic (exact) mass is 464 g/mol. The van der Waals surface area contributed by atoms with Crippen LogP contribution in [0.1, 0.15) is 45.6 Å². The molecule has 10 heteroatoms. The molecule has 1 saturated heterocycles. The standard InChI is InChI=1S/C23H24N6O3S/c1-22(2)15-7-8-23(22,3)18(11-15)26-28-21-25-20(30)17(33-21)10-14-12-24-27-19(14)13-5-4-6-16(9-13)29(31)32/h4-6,9-10,12,15H,7-8,11H2,1-3H3,(H,24,27)(H,25,28,30)/b17-10-,26-18+. The van der Waals surface area contributed by atoms with Crippen molar-refractivity contribution in [3.05, 3.63) is 51.0 Å². The molecule has 170 valence electrons. The molecule has 9 nitrogen and oxygen atoms in total. The molecule has 33 heavy (non-hydrogen) atoms. The van der Waals surface area contributed by atoms with Crippen molar-refractivity contribution in [3.8, 4) is 11.3 Å². The molecule has 0 spiro atoms. The molecule has 1 amide bonds. The van der Waals surface area contributed by atoms with E-state index in [0.717, 1.165) is 18.6 Å². The fourth-order valence-corrected chi connectivity index (χ4v) is 5.98. The highest BCUT2D eigenvalue weighted by molar-refractivity contribution is 8.18. The van der Waals surface area contributed by atoms with Crippen molar-refractivity contribution >= 4 is 40.3 Å². The number of hydrogen-bond acceptors (Lipinski definition) is 7. The van der Waals surface area contributed by atoms with Gasteiger partial charge >= 0.3 is 0 Å². The van der Waals surface area contributed by atoms with Crippen LogP contribution in [0.4, 0.5) is 5.69 Å². The van der Waals surface area contributed by atoms with E-state index in [1.54, 1.807) is 24.4 Å². The SMILES string of the molecule is CC12CCC(C/C1=N\N=C1/NC(=O)/C(=C/c3cn[nH]c3-c3cccc([N+](=O)[O-])c3)S1)C2(C)C. The van der Waals surface area contributed by atoms with Crippen molar-refractivity contribution in [2.24, 2.45) is 27.0 Å². The number of benzene rings is 1. The number of amidine groups is 1. The summed E-state index contributed by atoms with van der Waals surface area (Å²) in [7, 11) is 0. The summed E-state index contributed by atoms with van der Waals surface area (Å²) < 4.78 is 0. The van der Waals surface area contributed by atoms with Crippen LogP contribution in [0, 0.1) is 26.9 Å². The number of non-ortho nitro benzene ring substituents is 1. The summed E-state index contributed by atoms with van der Waals surface area (Å²) in [6, 6.07) is 6.27. The van der Waals surface area contributed by atoms with E-state index < -0.39 is 4.92 Å². The molecule has 1 aliphatic heterocycles. The number of thioether (sulfide) groups is 1. The number of aromatic nitrogens is 2. The molecule has 5 rings (SSSR count). The average Bonchev–Trinajstić information content (AvgIpc) is 3.48. The highest BCUT2D eigenvalue weighted by Gasteiger charge is 2.60. The second-order valence-electron chi connectivity index (χ2n) is 9.52. The minimum Gasteiger partial charge on any atom is -0.299 e. The summed E-state index contributed by atoms with van der Waals surface area (Å²) in [6.07, 6.45) is 6.61. The van der Waals surface area contributed by atoms with Crippen LogP contribution in [0.15, 0.2) is 45.6 Å². The number of amides is 1. The number of rotatable bonds is 4. The van der Waals surface area contributed by atoms with Crippen LogP contribution in [0.3, 0.4) is 0 Å². The lowest BCUT2D eigenvalue weighted by atomic mass is 9.70. The first-order chi connectivity index (χ1) is 15.7. The minimum atomic E-state index is -0.444. The summed E-state index contributed by atoms with van der Waals surface area (Å²) in [5.41, 5.74) is 3.24. The fourth-order valence-electron chi connectivity index (χ4n) is 5.21. The molecular weight excluding hydrogens is 440 g/mol. The molecule has 2 saturated carbocycles. The molecule has 2 atom stereocenters. The topological polar surface area (TPSA) is 126 Å². The van der Waals surface area contributed by atoms with Gasteiger partial charge in [0.1, 0.15) is 0 Å². The lowest BCUT2D eigenvalue weighted by Gasteiger charge is -2.34. The predicted octanol–water partition coefficient (Wildman–Crippen LogP) is 4.75. The number of carbonyl (C=O) groups is 1. The zero-order valence-corrected chi connectivity index (χ0v) is 19.4. The smallest absolute Gasteiger partial charge is 0.270 e. The molecule has 2 N–H and O–H groups in total. The number of nitrogens with one attached hydrogen (secondary N) is 2. The number of carbonyl (C=O) groups excluding carboxylic acids is 1. The molecule has 2 heterocycles. The van der Waals surface area contributed by atoms with Gasteiger partial charge in [-0.2, -0.15) is 10.2 Å². The maximum absolute atomic E-state index is 12.5. The van der Waals surface area contributed by atoms with E-state index >= 15 is 0 Å². The number of H-pyrrole nitrogens is 1. The lowest BCUT2D eigenvalue weighted by molar-refractivity contribution is -0.384. The zero-order chi connectivity index (χ0) is 23.4. The van der Waals surface area contributed by atoms with Gasteiger partial charge in [-0.15, -0.1) is 5.10 Å². The Bertz CT molecular complexity index is 1260. The lowest BCUT2D eigenvalue weighted by Crippen LogP contribution is -2.32. The Hall–Kier alpha value is -3.27. The van der Waals surface area contributed by atoms with Crippen LogP contribution in [0.25, 0.3) is 17.3 Å². The largest absolute Gasteiger partial charge is 0.299 e. The van der Waals surface area contributed by atoms with Crippen LogP contribution >= 0.6 is 11.8 Å². The number of hydrogen-bond donors (Lipinski definition) is 2. The predicted molar refractivity (Wildman–Crippen MR) is 128 cm³/mol. The normalized spacial score (nSPS) is 29.4. The Morgan fingerprint density at radius 1 is 1.30 bits per heavy atom. The summed E-state index contributed by atoms with van der Waals surface area (Å²) in [5, 5.41) is 30.2. The first kappa shape index (κ1) is 21.6. The van der Waals surface area contributed by atoms with Gasteiger partial charge in [0.2, 0.25) is 0 Å². The van der Waals surface area contributed by atoms with Gasteiger partial charge in [0.15, 0.2) is 5.17 Å². The molecule has 0 radical (unpaired) electrons. The third-order valence-corrected chi connectivity index (χ3v) is 8.63. The quantitative estimate of drug-likeness (QED) is 0.384. The molecule has 3 aliphatic rings. The van der Waals surface area contributed by atoms with E-state index in [0.29, 0.717) is 32.8 Å². The van der Waals surface area contributed by atoms with E-state index in [9.17, 15) is 14.9 Å². The number of nitrogens with zero attached hydrogens (tertiary/aromatic N) is 4. The third kappa shape index (κ3) is 3.49. The Kier molecular flexibility index (Phi) is 5.00. The second kappa shape index (κ2) is 7.65. The maximum Gasteiger partial charge on any atom is 0.270 e. The van der Waals surface area contributed by atoms with E-state index in [2.05, 4.69) is 46.5 Å². The van der Waals surface area contributed by atoms with Crippen molar-refractivity contribution < 1.29 is 9.72 Å². The third-order valence-electron chi connectivity index (χ3n) is 7.73. The van der Waals surface area contributed by atoms with Crippen LogP contribution in [-0.4, -0.2) is 31.9 Å². The van der Waals surface area contributed by atoms with Crippen molar-refractivity contribution in [2.45, 2.75) is 40.0 Å². The Labute approximate surface area is 195 Å². The van der Waals surface area contributed by atoms with Gasteiger partial charge in [-0.3, -0.25) is 25.3 Å². The minimum absolute atomic E-state index is 0.0142. The van der Waals surface area contributed by atoms with Crippen molar-refractivity contribution in [2.75, 3.05) is 0 Å². The average molecular weight is 465 g/mol. The number of fused-ring (bicyclic) bond motifs is 2.